The zero-order valence-corrected chi connectivity index (χ0v) is 12.6. The van der Waals surface area contributed by atoms with Crippen LogP contribution in [0.25, 0.3) is 0 Å². The molecule has 3 nitrogen and oxygen atoms in total. The van der Waals surface area contributed by atoms with Crippen molar-refractivity contribution in [1.82, 2.24) is 9.80 Å². The van der Waals surface area contributed by atoms with E-state index in [1.807, 2.05) is 4.90 Å². The van der Waals surface area contributed by atoms with E-state index in [2.05, 4.69) is 0 Å². The van der Waals surface area contributed by atoms with Gasteiger partial charge in [0.05, 0.1) is 0 Å². The van der Waals surface area contributed by atoms with Crippen molar-refractivity contribution in [2.75, 3.05) is 27.2 Å². The van der Waals surface area contributed by atoms with Gasteiger partial charge in [0.2, 0.25) is 0 Å². The van der Waals surface area contributed by atoms with Crippen LogP contribution in [0.15, 0.2) is 18.2 Å². The summed E-state index contributed by atoms with van der Waals surface area (Å²) in [5, 5.41) is 0. The molecular formula is C16H22F2N2O. The molecule has 1 fully saturated rings. The standard InChI is InChI=1S/C16H22F2N2O/c1-19(2)16(21)20-10-4-5-12(11-20)8-9-13-14(17)6-3-7-15(13)18/h3,6-7,12H,4-5,8-11H2,1-2H3/t12-/m0/s1. The molecule has 1 aliphatic heterocycles. The SMILES string of the molecule is CN(C)C(=O)N1CCC[C@@H](CCc2c(F)cccc2F)C1. The topological polar surface area (TPSA) is 23.6 Å². The molecule has 2 amide bonds. The summed E-state index contributed by atoms with van der Waals surface area (Å²) in [5.74, 6) is -0.652. The normalized spacial score (nSPS) is 18.7. The van der Waals surface area contributed by atoms with Gasteiger partial charge in [-0.1, -0.05) is 6.07 Å². The fourth-order valence-electron chi connectivity index (χ4n) is 2.88. The molecule has 0 bridgehead atoms. The van der Waals surface area contributed by atoms with E-state index < -0.39 is 11.6 Å². The van der Waals surface area contributed by atoms with E-state index in [0.29, 0.717) is 25.3 Å². The van der Waals surface area contributed by atoms with Gasteiger partial charge in [0.15, 0.2) is 0 Å². The maximum Gasteiger partial charge on any atom is 0.319 e. The Labute approximate surface area is 124 Å². The Morgan fingerprint density at radius 1 is 1.33 bits per heavy atom. The Bertz CT molecular complexity index is 485. The van der Waals surface area contributed by atoms with Crippen LogP contribution in [-0.2, 0) is 6.42 Å². The predicted molar refractivity (Wildman–Crippen MR) is 78.1 cm³/mol. The number of carbonyl (C=O) groups excluding carboxylic acids is 1. The summed E-state index contributed by atoms with van der Waals surface area (Å²) in [4.78, 5) is 15.4. The fourth-order valence-corrected chi connectivity index (χ4v) is 2.88. The van der Waals surface area contributed by atoms with Crippen molar-refractivity contribution in [3.05, 3.63) is 35.4 Å². The van der Waals surface area contributed by atoms with Crippen LogP contribution in [0.1, 0.15) is 24.8 Å². The first kappa shape index (κ1) is 15.7. The van der Waals surface area contributed by atoms with Gasteiger partial charge in [-0.05, 0) is 43.7 Å². The third-order valence-electron chi connectivity index (χ3n) is 4.04. The summed E-state index contributed by atoms with van der Waals surface area (Å²) in [5.41, 5.74) is 0.161. The number of benzene rings is 1. The lowest BCUT2D eigenvalue weighted by atomic mass is 9.91. The van der Waals surface area contributed by atoms with Gasteiger partial charge in [0.25, 0.3) is 0 Å². The van der Waals surface area contributed by atoms with Crippen LogP contribution in [0.2, 0.25) is 0 Å². The quantitative estimate of drug-likeness (QED) is 0.839. The lowest BCUT2D eigenvalue weighted by molar-refractivity contribution is 0.140. The number of rotatable bonds is 3. The van der Waals surface area contributed by atoms with Gasteiger partial charge in [-0.2, -0.15) is 0 Å². The Morgan fingerprint density at radius 2 is 2.00 bits per heavy atom. The molecule has 1 atom stereocenters. The first-order valence-electron chi connectivity index (χ1n) is 7.38. The van der Waals surface area contributed by atoms with Crippen molar-refractivity contribution in [2.24, 2.45) is 5.92 Å². The van der Waals surface area contributed by atoms with Crippen LogP contribution in [-0.4, -0.2) is 43.0 Å². The van der Waals surface area contributed by atoms with Crippen LogP contribution < -0.4 is 0 Å². The van der Waals surface area contributed by atoms with Crippen LogP contribution in [0.4, 0.5) is 13.6 Å². The highest BCUT2D eigenvalue weighted by Gasteiger charge is 2.24. The van der Waals surface area contributed by atoms with E-state index >= 15 is 0 Å². The van der Waals surface area contributed by atoms with Gasteiger partial charge in [-0.3, -0.25) is 0 Å². The van der Waals surface area contributed by atoms with Gasteiger partial charge in [0, 0.05) is 32.7 Å². The van der Waals surface area contributed by atoms with Gasteiger partial charge in [0.1, 0.15) is 11.6 Å². The maximum absolute atomic E-state index is 13.6. The van der Waals surface area contributed by atoms with Gasteiger partial charge in [-0.15, -0.1) is 0 Å². The molecule has 1 aliphatic rings. The first-order chi connectivity index (χ1) is 9.99. The molecule has 0 spiro atoms. The zero-order chi connectivity index (χ0) is 15.4. The molecule has 0 saturated carbocycles. The molecule has 21 heavy (non-hydrogen) atoms. The number of piperidine rings is 1. The zero-order valence-electron chi connectivity index (χ0n) is 12.6. The first-order valence-corrected chi connectivity index (χ1v) is 7.38. The third-order valence-corrected chi connectivity index (χ3v) is 4.04. The Hall–Kier alpha value is -1.65. The fraction of sp³-hybridized carbons (Fsp3) is 0.562. The van der Waals surface area contributed by atoms with Gasteiger partial charge < -0.3 is 9.80 Å². The predicted octanol–water partition coefficient (Wildman–Crippen LogP) is 3.29. The number of hydrogen-bond donors (Lipinski definition) is 0. The minimum absolute atomic E-state index is 0.0109. The number of carbonyl (C=O) groups is 1. The number of likely N-dealkylation sites (tertiary alicyclic amines) is 1. The second-order valence-corrected chi connectivity index (χ2v) is 5.87. The molecule has 0 N–H and O–H groups in total. The molecule has 1 saturated heterocycles. The summed E-state index contributed by atoms with van der Waals surface area (Å²) >= 11 is 0. The van der Waals surface area contributed by atoms with Crippen molar-refractivity contribution < 1.29 is 13.6 Å². The van der Waals surface area contributed by atoms with Gasteiger partial charge >= 0.3 is 6.03 Å². The Morgan fingerprint density at radius 3 is 2.62 bits per heavy atom. The highest BCUT2D eigenvalue weighted by molar-refractivity contribution is 5.73. The van der Waals surface area contributed by atoms with E-state index in [1.165, 1.54) is 18.2 Å². The van der Waals surface area contributed by atoms with Crippen LogP contribution in [0.3, 0.4) is 0 Å². The molecule has 1 aromatic carbocycles. The molecule has 0 radical (unpaired) electrons. The monoisotopic (exact) mass is 296 g/mol. The van der Waals surface area contributed by atoms with Crippen molar-refractivity contribution in [1.29, 1.82) is 0 Å². The lowest BCUT2D eigenvalue weighted by Gasteiger charge is -2.34. The summed E-state index contributed by atoms with van der Waals surface area (Å²) < 4.78 is 27.2. The Balaban J connectivity index is 1.93. The smallest absolute Gasteiger partial charge is 0.319 e. The molecule has 116 valence electrons. The van der Waals surface area contributed by atoms with E-state index in [1.54, 1.807) is 19.0 Å². The van der Waals surface area contributed by atoms with Gasteiger partial charge in [-0.25, -0.2) is 13.6 Å². The summed E-state index contributed by atoms with van der Waals surface area (Å²) in [6.07, 6.45) is 3.04. The van der Waals surface area contributed by atoms with E-state index in [9.17, 15) is 13.6 Å². The van der Waals surface area contributed by atoms with Crippen molar-refractivity contribution >= 4 is 6.03 Å². The second-order valence-electron chi connectivity index (χ2n) is 5.87. The largest absolute Gasteiger partial charge is 0.331 e. The van der Waals surface area contributed by atoms with Crippen LogP contribution in [0.5, 0.6) is 0 Å². The van der Waals surface area contributed by atoms with E-state index in [4.69, 9.17) is 0 Å². The lowest BCUT2D eigenvalue weighted by Crippen LogP contribution is -2.45. The minimum atomic E-state index is -0.480. The second kappa shape index (κ2) is 6.87. The van der Waals surface area contributed by atoms with E-state index in [0.717, 1.165) is 19.4 Å². The molecule has 1 aromatic rings. The highest BCUT2D eigenvalue weighted by Crippen LogP contribution is 2.24. The molecule has 5 heteroatoms. The number of hydrogen-bond acceptors (Lipinski definition) is 1. The van der Waals surface area contributed by atoms with Crippen LogP contribution >= 0.6 is 0 Å². The van der Waals surface area contributed by atoms with E-state index in [-0.39, 0.29) is 11.6 Å². The number of nitrogens with zero attached hydrogens (tertiary/aromatic N) is 2. The Kier molecular flexibility index (Phi) is 5.15. The summed E-state index contributed by atoms with van der Waals surface area (Å²) in [6.45, 7) is 1.44. The average Bonchev–Trinajstić information content (AvgIpc) is 2.46. The third kappa shape index (κ3) is 3.93. The van der Waals surface area contributed by atoms with Crippen LogP contribution in [0, 0.1) is 17.6 Å². The molecule has 0 aliphatic carbocycles. The number of halogens is 2. The average molecular weight is 296 g/mol. The maximum atomic E-state index is 13.6. The van der Waals surface area contributed by atoms with Crippen molar-refractivity contribution in [2.45, 2.75) is 25.7 Å². The molecular weight excluding hydrogens is 274 g/mol. The molecule has 0 unspecified atom stereocenters. The minimum Gasteiger partial charge on any atom is -0.331 e. The van der Waals surface area contributed by atoms with Crippen molar-refractivity contribution in [3.63, 3.8) is 0 Å². The molecule has 1 heterocycles. The number of amides is 2. The summed E-state index contributed by atoms with van der Waals surface area (Å²) in [6, 6.07) is 3.98. The summed E-state index contributed by atoms with van der Waals surface area (Å²) in [7, 11) is 3.47. The van der Waals surface area contributed by atoms with Crippen molar-refractivity contribution in [3.8, 4) is 0 Å². The number of urea groups is 1. The molecule has 0 aromatic heterocycles. The molecule has 2 rings (SSSR count). The highest BCUT2D eigenvalue weighted by atomic mass is 19.1.